The fourth-order valence-electron chi connectivity index (χ4n) is 3.22. The number of benzene rings is 1. The monoisotopic (exact) mass is 287 g/mol. The molecular weight excluding hydrogens is 265 g/mol. The lowest BCUT2D eigenvalue weighted by molar-refractivity contribution is 0.100. The van der Waals surface area contributed by atoms with Gasteiger partial charge in [0.2, 0.25) is 5.91 Å². The lowest BCUT2D eigenvalue weighted by Crippen LogP contribution is -2.33. The van der Waals surface area contributed by atoms with Crippen molar-refractivity contribution in [2.24, 2.45) is 5.73 Å². The highest BCUT2D eigenvalue weighted by Gasteiger charge is 2.40. The van der Waals surface area contributed by atoms with Crippen LogP contribution in [-0.4, -0.2) is 25.2 Å². The summed E-state index contributed by atoms with van der Waals surface area (Å²) in [5, 5.41) is 0. The first-order valence-corrected chi connectivity index (χ1v) is 7.95. The maximum atomic E-state index is 11.1. The molecule has 5 heteroatoms. The van der Waals surface area contributed by atoms with Gasteiger partial charge in [-0.1, -0.05) is 44.2 Å². The number of amides is 1. The minimum atomic E-state index is -0.410. The van der Waals surface area contributed by atoms with Crippen LogP contribution in [0.2, 0.25) is 0 Å². The number of hydrogen-bond acceptors (Lipinski definition) is 3. The average molecular weight is 287 g/mol. The molecule has 1 saturated carbocycles. The van der Waals surface area contributed by atoms with E-state index in [2.05, 4.69) is 0 Å². The zero-order valence-corrected chi connectivity index (χ0v) is 12.3. The molecular formula is C16H22BNO3. The molecule has 1 heterocycles. The van der Waals surface area contributed by atoms with Crippen LogP contribution in [0, 0.1) is 0 Å². The van der Waals surface area contributed by atoms with Crippen molar-refractivity contribution in [3.8, 4) is 0 Å². The lowest BCUT2D eigenvalue weighted by Gasteiger charge is -2.16. The molecule has 2 fully saturated rings. The van der Waals surface area contributed by atoms with Crippen molar-refractivity contribution in [2.75, 3.05) is 0 Å². The second kappa shape index (κ2) is 6.63. The molecule has 1 aromatic rings. The first-order chi connectivity index (χ1) is 10.2. The molecule has 0 bridgehead atoms. The van der Waals surface area contributed by atoms with Crippen LogP contribution in [-0.2, 0) is 9.31 Å². The number of carbonyl (C=O) groups excluding carboxylic acids is 1. The van der Waals surface area contributed by atoms with E-state index < -0.39 is 5.91 Å². The summed E-state index contributed by atoms with van der Waals surface area (Å²) in [6.07, 6.45) is 8.96. The fraction of sp³-hybridized carbons (Fsp3) is 0.562. The van der Waals surface area contributed by atoms with Crippen molar-refractivity contribution >= 4 is 18.5 Å². The van der Waals surface area contributed by atoms with Crippen molar-refractivity contribution < 1.29 is 14.1 Å². The molecule has 0 spiro atoms. The Hall–Kier alpha value is -1.33. The molecule has 2 unspecified atom stereocenters. The molecule has 0 radical (unpaired) electrons. The molecule has 1 saturated heterocycles. The molecule has 2 N–H and O–H groups in total. The van der Waals surface area contributed by atoms with E-state index in [9.17, 15) is 4.79 Å². The summed E-state index contributed by atoms with van der Waals surface area (Å²) < 4.78 is 12.2. The molecule has 1 aliphatic carbocycles. The average Bonchev–Trinajstić information content (AvgIpc) is 2.92. The predicted octanol–water partition coefficient (Wildman–Crippen LogP) is 2.01. The highest BCUT2D eigenvalue weighted by Crippen LogP contribution is 2.27. The Bertz CT molecular complexity index is 475. The van der Waals surface area contributed by atoms with Crippen LogP contribution in [0.15, 0.2) is 24.3 Å². The van der Waals surface area contributed by atoms with Gasteiger partial charge in [0.15, 0.2) is 0 Å². The molecule has 3 rings (SSSR count). The molecule has 2 aliphatic rings. The number of nitrogens with two attached hydrogens (primary N) is 1. The molecule has 0 aromatic heterocycles. The van der Waals surface area contributed by atoms with E-state index in [-0.39, 0.29) is 19.3 Å². The Balaban J connectivity index is 1.68. The van der Waals surface area contributed by atoms with Crippen molar-refractivity contribution in [3.63, 3.8) is 0 Å². The molecule has 2 atom stereocenters. The molecule has 21 heavy (non-hydrogen) atoms. The SMILES string of the molecule is NC(=O)c1ccc(B2OC3CCCCCCCC3O2)cc1. The van der Waals surface area contributed by atoms with Crippen LogP contribution in [0.25, 0.3) is 0 Å². The van der Waals surface area contributed by atoms with Crippen molar-refractivity contribution in [1.82, 2.24) is 0 Å². The smallest absolute Gasteiger partial charge is 0.402 e. The minimum Gasteiger partial charge on any atom is -0.402 e. The van der Waals surface area contributed by atoms with Crippen LogP contribution in [0.4, 0.5) is 0 Å². The van der Waals surface area contributed by atoms with Gasteiger partial charge >= 0.3 is 7.12 Å². The largest absolute Gasteiger partial charge is 0.494 e. The van der Waals surface area contributed by atoms with E-state index >= 15 is 0 Å². The third-order valence-electron chi connectivity index (χ3n) is 4.46. The van der Waals surface area contributed by atoms with Gasteiger partial charge < -0.3 is 15.0 Å². The molecule has 1 aromatic carbocycles. The summed E-state index contributed by atoms with van der Waals surface area (Å²) in [6, 6.07) is 7.21. The quantitative estimate of drug-likeness (QED) is 0.846. The van der Waals surface area contributed by atoms with E-state index in [1.165, 1.54) is 32.1 Å². The third-order valence-corrected chi connectivity index (χ3v) is 4.46. The van der Waals surface area contributed by atoms with E-state index in [1.807, 2.05) is 12.1 Å². The van der Waals surface area contributed by atoms with Gasteiger partial charge in [0, 0.05) is 5.56 Å². The van der Waals surface area contributed by atoms with Gasteiger partial charge in [-0.05, 0) is 30.4 Å². The summed E-state index contributed by atoms with van der Waals surface area (Å²) in [5.41, 5.74) is 6.74. The van der Waals surface area contributed by atoms with Gasteiger partial charge in [0.05, 0.1) is 12.2 Å². The minimum absolute atomic E-state index is 0.212. The standard InChI is InChI=1S/C16H22BNO3/c18-16(19)12-8-10-13(11-9-12)17-20-14-6-4-2-1-3-5-7-15(14)21-17/h8-11,14-15H,1-7H2,(H2,18,19). The summed E-state index contributed by atoms with van der Waals surface area (Å²) in [5.74, 6) is -0.410. The summed E-state index contributed by atoms with van der Waals surface area (Å²) in [4.78, 5) is 11.1. The number of primary amides is 1. The predicted molar refractivity (Wildman–Crippen MR) is 82.4 cm³/mol. The fourth-order valence-corrected chi connectivity index (χ4v) is 3.22. The van der Waals surface area contributed by atoms with Gasteiger partial charge in [-0.15, -0.1) is 0 Å². The summed E-state index contributed by atoms with van der Waals surface area (Å²) in [7, 11) is -0.304. The van der Waals surface area contributed by atoms with Crippen LogP contribution < -0.4 is 11.2 Å². The zero-order chi connectivity index (χ0) is 14.7. The second-order valence-electron chi connectivity index (χ2n) is 6.01. The first kappa shape index (κ1) is 14.6. The molecule has 4 nitrogen and oxygen atoms in total. The van der Waals surface area contributed by atoms with Gasteiger partial charge in [-0.3, -0.25) is 4.79 Å². The number of rotatable bonds is 2. The Kier molecular flexibility index (Phi) is 4.61. The molecule has 1 aliphatic heterocycles. The first-order valence-electron chi connectivity index (χ1n) is 7.95. The van der Waals surface area contributed by atoms with Crippen LogP contribution >= 0.6 is 0 Å². The molecule has 112 valence electrons. The maximum Gasteiger partial charge on any atom is 0.494 e. The van der Waals surface area contributed by atoms with Crippen LogP contribution in [0.5, 0.6) is 0 Å². The Labute approximate surface area is 126 Å². The normalized spacial score (nSPS) is 26.6. The van der Waals surface area contributed by atoms with Crippen LogP contribution in [0.3, 0.4) is 0 Å². The van der Waals surface area contributed by atoms with Gasteiger partial charge in [0.1, 0.15) is 0 Å². The topological polar surface area (TPSA) is 61.6 Å². The van der Waals surface area contributed by atoms with Crippen molar-refractivity contribution in [2.45, 2.75) is 57.2 Å². The molecule has 1 amide bonds. The van der Waals surface area contributed by atoms with Crippen molar-refractivity contribution in [3.05, 3.63) is 29.8 Å². The highest BCUT2D eigenvalue weighted by atomic mass is 16.7. The van der Waals surface area contributed by atoms with Crippen LogP contribution in [0.1, 0.15) is 55.3 Å². The van der Waals surface area contributed by atoms with Gasteiger partial charge in [0.25, 0.3) is 0 Å². The van der Waals surface area contributed by atoms with E-state index in [1.54, 1.807) is 12.1 Å². The maximum absolute atomic E-state index is 11.1. The van der Waals surface area contributed by atoms with Crippen molar-refractivity contribution in [1.29, 1.82) is 0 Å². The lowest BCUT2D eigenvalue weighted by atomic mass is 9.79. The van der Waals surface area contributed by atoms with E-state index in [4.69, 9.17) is 15.0 Å². The number of carbonyl (C=O) groups is 1. The van der Waals surface area contributed by atoms with E-state index in [0.717, 1.165) is 18.3 Å². The Morgan fingerprint density at radius 3 is 2.00 bits per heavy atom. The highest BCUT2D eigenvalue weighted by molar-refractivity contribution is 6.61. The number of fused-ring (bicyclic) bond motifs is 1. The summed E-state index contributed by atoms with van der Waals surface area (Å²) in [6.45, 7) is 0. The Morgan fingerprint density at radius 1 is 0.952 bits per heavy atom. The van der Waals surface area contributed by atoms with Gasteiger partial charge in [-0.2, -0.15) is 0 Å². The zero-order valence-electron chi connectivity index (χ0n) is 12.3. The third kappa shape index (κ3) is 3.47. The summed E-state index contributed by atoms with van der Waals surface area (Å²) >= 11 is 0. The Morgan fingerprint density at radius 2 is 1.48 bits per heavy atom. The van der Waals surface area contributed by atoms with E-state index in [0.29, 0.717) is 5.56 Å². The number of hydrogen-bond donors (Lipinski definition) is 1. The van der Waals surface area contributed by atoms with Gasteiger partial charge in [-0.25, -0.2) is 0 Å². The second-order valence-corrected chi connectivity index (χ2v) is 6.01.